The number of carbonyl (C=O) groups is 3. The van der Waals surface area contributed by atoms with Crippen molar-refractivity contribution in [1.82, 2.24) is 15.1 Å². The molecule has 31 heavy (non-hydrogen) atoms. The monoisotopic (exact) mass is 437 g/mol. The highest BCUT2D eigenvalue weighted by molar-refractivity contribution is 7.98. The van der Waals surface area contributed by atoms with E-state index >= 15 is 0 Å². The SMILES string of the molecule is CSCC[C@@H](C(=O)OCc1nnc(-c2ccccc2)o1)N1C(=O)c2ccccc2C1=O. The molecule has 0 aliphatic carbocycles. The van der Waals surface area contributed by atoms with Gasteiger partial charge in [0.05, 0.1) is 11.1 Å². The number of fused-ring (bicyclic) bond motifs is 1. The fourth-order valence-electron chi connectivity index (χ4n) is 3.31. The molecule has 1 atom stereocenters. The van der Waals surface area contributed by atoms with E-state index in [1.807, 2.05) is 36.6 Å². The van der Waals surface area contributed by atoms with Gasteiger partial charge in [-0.1, -0.05) is 30.3 Å². The molecule has 0 saturated carbocycles. The lowest BCUT2D eigenvalue weighted by molar-refractivity contribution is -0.150. The van der Waals surface area contributed by atoms with Crippen LogP contribution in [0.5, 0.6) is 0 Å². The summed E-state index contributed by atoms with van der Waals surface area (Å²) in [6.07, 6.45) is 2.17. The van der Waals surface area contributed by atoms with Crippen LogP contribution in [-0.2, 0) is 16.1 Å². The number of ether oxygens (including phenoxy) is 1. The van der Waals surface area contributed by atoms with Crippen molar-refractivity contribution in [2.45, 2.75) is 19.1 Å². The molecule has 2 amide bonds. The summed E-state index contributed by atoms with van der Waals surface area (Å²) >= 11 is 1.51. The number of benzene rings is 2. The fraction of sp³-hybridized carbons (Fsp3) is 0.227. The van der Waals surface area contributed by atoms with Crippen molar-refractivity contribution >= 4 is 29.5 Å². The summed E-state index contributed by atoms with van der Waals surface area (Å²) in [6.45, 7) is -0.252. The van der Waals surface area contributed by atoms with Gasteiger partial charge in [-0.3, -0.25) is 14.5 Å². The normalized spacial score (nSPS) is 13.9. The van der Waals surface area contributed by atoms with Gasteiger partial charge in [-0.05, 0) is 42.7 Å². The van der Waals surface area contributed by atoms with Crippen LogP contribution in [-0.4, -0.2) is 50.9 Å². The first kappa shape index (κ1) is 20.8. The zero-order valence-corrected chi connectivity index (χ0v) is 17.5. The number of aromatic nitrogens is 2. The minimum absolute atomic E-state index is 0.123. The molecule has 1 aromatic heterocycles. The molecule has 3 aromatic rings. The van der Waals surface area contributed by atoms with Crippen molar-refractivity contribution in [3.8, 4) is 11.5 Å². The molecule has 0 saturated heterocycles. The standard InChI is InChI=1S/C22H19N3O5S/c1-31-12-11-17(25-20(26)15-9-5-6-10-16(15)21(25)27)22(28)29-13-18-23-24-19(30-18)14-7-3-2-4-8-14/h2-10,17H,11-13H2,1H3/t17-/m0/s1. The lowest BCUT2D eigenvalue weighted by Crippen LogP contribution is -2.46. The highest BCUT2D eigenvalue weighted by Crippen LogP contribution is 2.27. The molecule has 1 aliphatic rings. The molecule has 9 heteroatoms. The number of amides is 2. The maximum atomic E-state index is 12.9. The second kappa shape index (κ2) is 9.13. The van der Waals surface area contributed by atoms with Gasteiger partial charge < -0.3 is 9.15 Å². The lowest BCUT2D eigenvalue weighted by atomic mass is 10.1. The molecular weight excluding hydrogens is 418 g/mol. The van der Waals surface area contributed by atoms with Gasteiger partial charge >= 0.3 is 5.97 Å². The fourth-order valence-corrected chi connectivity index (χ4v) is 3.77. The smallest absolute Gasteiger partial charge is 0.329 e. The van der Waals surface area contributed by atoms with Crippen LogP contribution in [0.1, 0.15) is 33.0 Å². The summed E-state index contributed by atoms with van der Waals surface area (Å²) in [5.41, 5.74) is 1.33. The second-order valence-corrected chi connectivity index (χ2v) is 7.78. The molecule has 0 spiro atoms. The molecule has 1 aliphatic heterocycles. The van der Waals surface area contributed by atoms with Crippen LogP contribution >= 0.6 is 11.8 Å². The van der Waals surface area contributed by atoms with Gasteiger partial charge in [0, 0.05) is 5.56 Å². The Labute approximate surface area is 182 Å². The lowest BCUT2D eigenvalue weighted by Gasteiger charge is -2.24. The molecule has 2 aromatic carbocycles. The molecule has 0 bridgehead atoms. The highest BCUT2D eigenvalue weighted by Gasteiger charge is 2.43. The Morgan fingerprint density at radius 2 is 1.68 bits per heavy atom. The zero-order valence-electron chi connectivity index (χ0n) is 16.7. The quantitative estimate of drug-likeness (QED) is 0.391. The highest BCUT2D eigenvalue weighted by atomic mass is 32.2. The van der Waals surface area contributed by atoms with Gasteiger partial charge in [0.25, 0.3) is 17.7 Å². The van der Waals surface area contributed by atoms with Crippen molar-refractivity contribution < 1.29 is 23.5 Å². The number of esters is 1. The third-order valence-electron chi connectivity index (χ3n) is 4.83. The van der Waals surface area contributed by atoms with Crippen LogP contribution < -0.4 is 0 Å². The summed E-state index contributed by atoms with van der Waals surface area (Å²) in [6, 6.07) is 14.7. The minimum atomic E-state index is -1.03. The molecule has 158 valence electrons. The number of hydrogen-bond donors (Lipinski definition) is 0. The van der Waals surface area contributed by atoms with Crippen molar-refractivity contribution in [3.63, 3.8) is 0 Å². The van der Waals surface area contributed by atoms with E-state index in [4.69, 9.17) is 9.15 Å². The summed E-state index contributed by atoms with van der Waals surface area (Å²) in [5, 5.41) is 7.86. The molecule has 0 N–H and O–H groups in total. The number of rotatable bonds is 8. The maximum Gasteiger partial charge on any atom is 0.329 e. The predicted molar refractivity (Wildman–Crippen MR) is 113 cm³/mol. The van der Waals surface area contributed by atoms with E-state index in [0.717, 1.165) is 10.5 Å². The van der Waals surface area contributed by atoms with E-state index < -0.39 is 23.8 Å². The molecule has 8 nitrogen and oxygen atoms in total. The Hall–Kier alpha value is -3.46. The first-order valence-electron chi connectivity index (χ1n) is 9.60. The van der Waals surface area contributed by atoms with Gasteiger partial charge in [-0.2, -0.15) is 11.8 Å². The second-order valence-electron chi connectivity index (χ2n) is 6.80. The molecule has 0 radical (unpaired) electrons. The summed E-state index contributed by atoms with van der Waals surface area (Å²) in [5.74, 6) is -0.668. The number of thioether (sulfide) groups is 1. The van der Waals surface area contributed by atoms with E-state index in [-0.39, 0.29) is 18.9 Å². The van der Waals surface area contributed by atoms with Crippen LogP contribution in [0, 0.1) is 0 Å². The van der Waals surface area contributed by atoms with Crippen LogP contribution in [0.3, 0.4) is 0 Å². The Balaban J connectivity index is 1.48. The van der Waals surface area contributed by atoms with Gasteiger partial charge in [-0.15, -0.1) is 10.2 Å². The average Bonchev–Trinajstić information content (AvgIpc) is 3.38. The van der Waals surface area contributed by atoms with Crippen LogP contribution in [0.4, 0.5) is 0 Å². The molecular formula is C22H19N3O5S. The summed E-state index contributed by atoms with van der Waals surface area (Å²) in [7, 11) is 0. The van der Waals surface area contributed by atoms with E-state index in [9.17, 15) is 14.4 Å². The Bertz CT molecular complexity index is 1080. The largest absolute Gasteiger partial charge is 0.454 e. The van der Waals surface area contributed by atoms with Gasteiger partial charge in [0.1, 0.15) is 6.04 Å². The average molecular weight is 437 g/mol. The minimum Gasteiger partial charge on any atom is -0.454 e. The molecule has 2 heterocycles. The van der Waals surface area contributed by atoms with Crippen LogP contribution in [0.25, 0.3) is 11.5 Å². The molecule has 0 unspecified atom stereocenters. The van der Waals surface area contributed by atoms with Gasteiger partial charge in [-0.25, -0.2) is 4.79 Å². The topological polar surface area (TPSA) is 103 Å². The number of nitrogens with zero attached hydrogens (tertiary/aromatic N) is 3. The van der Waals surface area contributed by atoms with E-state index in [1.54, 1.807) is 24.3 Å². The Morgan fingerprint density at radius 3 is 2.32 bits per heavy atom. The van der Waals surface area contributed by atoms with Crippen molar-refractivity contribution in [2.24, 2.45) is 0 Å². The Morgan fingerprint density at radius 1 is 1.03 bits per heavy atom. The van der Waals surface area contributed by atoms with E-state index in [1.165, 1.54) is 11.8 Å². The molecule has 4 rings (SSSR count). The van der Waals surface area contributed by atoms with Crippen molar-refractivity contribution in [3.05, 3.63) is 71.6 Å². The van der Waals surface area contributed by atoms with Crippen molar-refractivity contribution in [1.29, 1.82) is 0 Å². The van der Waals surface area contributed by atoms with Crippen LogP contribution in [0.15, 0.2) is 59.0 Å². The first-order valence-corrected chi connectivity index (χ1v) is 11.0. The number of hydrogen-bond acceptors (Lipinski definition) is 8. The van der Waals surface area contributed by atoms with E-state index in [2.05, 4.69) is 10.2 Å². The summed E-state index contributed by atoms with van der Waals surface area (Å²) < 4.78 is 10.9. The first-order chi connectivity index (χ1) is 15.1. The maximum absolute atomic E-state index is 12.9. The number of imide groups is 1. The van der Waals surface area contributed by atoms with Crippen LogP contribution in [0.2, 0.25) is 0 Å². The van der Waals surface area contributed by atoms with Gasteiger partial charge in [0.15, 0.2) is 6.61 Å². The molecule has 0 fully saturated rings. The third kappa shape index (κ3) is 4.22. The zero-order chi connectivity index (χ0) is 21.8. The van der Waals surface area contributed by atoms with Crippen molar-refractivity contribution in [2.75, 3.05) is 12.0 Å². The predicted octanol–water partition coefficient (Wildman–Crippen LogP) is 3.20. The Kier molecular flexibility index (Phi) is 6.13. The van der Waals surface area contributed by atoms with E-state index in [0.29, 0.717) is 22.8 Å². The number of carbonyl (C=O) groups excluding carboxylic acids is 3. The van der Waals surface area contributed by atoms with Gasteiger partial charge in [0.2, 0.25) is 5.89 Å². The third-order valence-corrected chi connectivity index (χ3v) is 5.47. The summed E-state index contributed by atoms with van der Waals surface area (Å²) in [4.78, 5) is 39.5.